The highest BCUT2D eigenvalue weighted by atomic mass is 79.9. The van der Waals surface area contributed by atoms with E-state index in [0.717, 1.165) is 32.5 Å². The molecule has 0 saturated carbocycles. The fourth-order valence-electron chi connectivity index (χ4n) is 3.04. The molecule has 3 rings (SSSR count). The van der Waals surface area contributed by atoms with Crippen molar-refractivity contribution in [2.24, 2.45) is 0 Å². The van der Waals surface area contributed by atoms with Crippen LogP contribution >= 0.6 is 15.9 Å². The first-order chi connectivity index (χ1) is 12.5. The van der Waals surface area contributed by atoms with Crippen LogP contribution in [0, 0.1) is 10.1 Å². The molecule has 0 atom stereocenters. The minimum Gasteiger partial charge on any atom is -0.358 e. The Hall–Kier alpha value is -2.32. The average molecular weight is 419 g/mol. The smallest absolute Gasteiger partial charge is 0.358 e. The molecule has 1 fully saturated rings. The Labute approximate surface area is 159 Å². The molecule has 0 spiro atoms. The molecular weight excluding hydrogens is 400 g/mol. The van der Waals surface area contributed by atoms with Gasteiger partial charge >= 0.3 is 5.82 Å². The highest BCUT2D eigenvalue weighted by Gasteiger charge is 2.23. The maximum Gasteiger partial charge on any atom is 0.364 e. The fraction of sp³-hybridized carbons (Fsp3) is 0.333. The van der Waals surface area contributed by atoms with Crippen molar-refractivity contribution in [1.82, 2.24) is 15.2 Å². The molecule has 26 heavy (non-hydrogen) atoms. The van der Waals surface area contributed by atoms with Gasteiger partial charge in [0.2, 0.25) is 0 Å². The summed E-state index contributed by atoms with van der Waals surface area (Å²) >= 11 is 3.24. The highest BCUT2D eigenvalue weighted by molar-refractivity contribution is 9.10. The molecule has 2 aromatic rings. The number of benzene rings is 1. The van der Waals surface area contributed by atoms with Crippen LogP contribution in [0.25, 0.3) is 0 Å². The Morgan fingerprint density at radius 1 is 1.31 bits per heavy atom. The Bertz CT molecular complexity index is 792. The monoisotopic (exact) mass is 418 g/mol. The summed E-state index contributed by atoms with van der Waals surface area (Å²) in [6, 6.07) is 11.6. The van der Waals surface area contributed by atoms with Crippen LogP contribution in [0.3, 0.4) is 0 Å². The van der Waals surface area contributed by atoms with Gasteiger partial charge in [-0.15, -0.1) is 0 Å². The number of nitrogens with zero attached hydrogens (tertiary/aromatic N) is 3. The van der Waals surface area contributed by atoms with Crippen LogP contribution in [0.2, 0.25) is 0 Å². The molecule has 0 aliphatic carbocycles. The molecule has 1 aliphatic rings. The number of carbonyl (C=O) groups is 1. The van der Waals surface area contributed by atoms with Crippen LogP contribution in [-0.2, 0) is 6.54 Å². The molecule has 136 valence electrons. The minimum absolute atomic E-state index is 0.0636. The number of carbonyl (C=O) groups excluding carboxylic acids is 1. The molecule has 1 aromatic carbocycles. The molecule has 1 aromatic heterocycles. The van der Waals surface area contributed by atoms with Gasteiger partial charge in [-0.25, -0.2) is 0 Å². The number of likely N-dealkylation sites (tertiary alicyclic amines) is 1. The van der Waals surface area contributed by atoms with Gasteiger partial charge in [-0.3, -0.25) is 9.69 Å². The van der Waals surface area contributed by atoms with E-state index in [1.807, 2.05) is 18.2 Å². The number of rotatable bonds is 5. The first-order valence-corrected chi connectivity index (χ1v) is 9.19. The fourth-order valence-corrected chi connectivity index (χ4v) is 3.44. The van der Waals surface area contributed by atoms with Gasteiger partial charge in [0.15, 0.2) is 6.20 Å². The quantitative estimate of drug-likeness (QED) is 0.594. The summed E-state index contributed by atoms with van der Waals surface area (Å²) in [7, 11) is 0. The lowest BCUT2D eigenvalue weighted by Crippen LogP contribution is -2.44. The van der Waals surface area contributed by atoms with Crippen molar-refractivity contribution in [3.8, 4) is 0 Å². The topological polar surface area (TPSA) is 88.4 Å². The van der Waals surface area contributed by atoms with Gasteiger partial charge < -0.3 is 15.4 Å². The zero-order valence-corrected chi connectivity index (χ0v) is 15.7. The van der Waals surface area contributed by atoms with Crippen molar-refractivity contribution in [3.05, 3.63) is 68.3 Å². The molecule has 2 heterocycles. The van der Waals surface area contributed by atoms with Crippen LogP contribution in [0.1, 0.15) is 28.8 Å². The lowest BCUT2D eigenvalue weighted by atomic mass is 10.0. The second-order valence-electron chi connectivity index (χ2n) is 6.29. The summed E-state index contributed by atoms with van der Waals surface area (Å²) < 4.78 is 0.446. The number of aromatic nitrogens is 1. The summed E-state index contributed by atoms with van der Waals surface area (Å²) in [5.74, 6) is -0.653. The maximum absolute atomic E-state index is 12.5. The lowest BCUT2D eigenvalue weighted by Gasteiger charge is -2.32. The molecule has 1 aliphatic heterocycles. The summed E-state index contributed by atoms with van der Waals surface area (Å²) in [6.07, 6.45) is 2.99. The van der Waals surface area contributed by atoms with Gasteiger partial charge in [-0.2, -0.15) is 0 Å². The normalized spacial score (nSPS) is 15.6. The number of piperidine rings is 1. The molecule has 1 saturated heterocycles. The molecular formula is C18H19BrN4O3. The Kier molecular flexibility index (Phi) is 5.95. The number of nitrogens with one attached hydrogen (secondary N) is 1. The maximum atomic E-state index is 12.5. The van der Waals surface area contributed by atoms with Gasteiger partial charge in [-0.1, -0.05) is 30.3 Å². The molecule has 0 unspecified atom stereocenters. The number of halogens is 1. The summed E-state index contributed by atoms with van der Waals surface area (Å²) in [5.41, 5.74) is 1.52. The number of amides is 1. The Morgan fingerprint density at radius 2 is 2.00 bits per heavy atom. The summed E-state index contributed by atoms with van der Waals surface area (Å²) in [5, 5.41) is 13.8. The van der Waals surface area contributed by atoms with E-state index in [1.165, 1.54) is 17.8 Å². The molecule has 0 bridgehead atoms. The van der Waals surface area contributed by atoms with Gasteiger partial charge in [0.05, 0.1) is 10.0 Å². The number of pyridine rings is 1. The van der Waals surface area contributed by atoms with Gasteiger partial charge in [-0.05, 0) is 44.2 Å². The lowest BCUT2D eigenvalue weighted by molar-refractivity contribution is -0.389. The zero-order valence-electron chi connectivity index (χ0n) is 14.1. The van der Waals surface area contributed by atoms with E-state index in [2.05, 4.69) is 43.3 Å². The second-order valence-corrected chi connectivity index (χ2v) is 7.14. The van der Waals surface area contributed by atoms with Crippen LogP contribution < -0.4 is 5.32 Å². The number of nitro groups is 1. The predicted molar refractivity (Wildman–Crippen MR) is 101 cm³/mol. The Morgan fingerprint density at radius 3 is 2.65 bits per heavy atom. The molecule has 8 heteroatoms. The highest BCUT2D eigenvalue weighted by Crippen LogP contribution is 2.21. The van der Waals surface area contributed by atoms with Crippen molar-refractivity contribution in [2.75, 3.05) is 13.1 Å². The van der Waals surface area contributed by atoms with Crippen molar-refractivity contribution >= 4 is 27.7 Å². The van der Waals surface area contributed by atoms with E-state index in [9.17, 15) is 14.9 Å². The minimum atomic E-state index is -0.606. The van der Waals surface area contributed by atoms with E-state index in [4.69, 9.17) is 0 Å². The summed E-state index contributed by atoms with van der Waals surface area (Å²) in [6.45, 7) is 2.71. The SMILES string of the molecule is O=C(NC1CCN(Cc2ccccc2)CC1)c1cc([N+](=O)[O-])ncc1Br. The van der Waals surface area contributed by atoms with Crippen molar-refractivity contribution < 1.29 is 9.72 Å². The third-order valence-electron chi connectivity index (χ3n) is 4.44. The van der Waals surface area contributed by atoms with E-state index >= 15 is 0 Å². The van der Waals surface area contributed by atoms with Crippen LogP contribution in [0.4, 0.5) is 5.82 Å². The third kappa shape index (κ3) is 4.64. The average Bonchev–Trinajstić information content (AvgIpc) is 2.64. The van der Waals surface area contributed by atoms with Crippen molar-refractivity contribution in [1.29, 1.82) is 0 Å². The third-order valence-corrected chi connectivity index (χ3v) is 5.08. The Balaban J connectivity index is 1.55. The first kappa shape index (κ1) is 18.5. The van der Waals surface area contributed by atoms with Gasteiger partial charge in [0, 0.05) is 31.7 Å². The predicted octanol–water partition coefficient (Wildman–Crippen LogP) is 3.15. The van der Waals surface area contributed by atoms with Gasteiger partial charge in [0.1, 0.15) is 0 Å². The molecule has 1 N–H and O–H groups in total. The van der Waals surface area contributed by atoms with Crippen LogP contribution in [0.5, 0.6) is 0 Å². The number of hydrogen-bond donors (Lipinski definition) is 1. The zero-order chi connectivity index (χ0) is 18.5. The van der Waals surface area contributed by atoms with Crippen LogP contribution in [0.15, 0.2) is 47.1 Å². The van der Waals surface area contributed by atoms with Gasteiger partial charge in [0.25, 0.3) is 5.91 Å². The van der Waals surface area contributed by atoms with Crippen molar-refractivity contribution in [2.45, 2.75) is 25.4 Å². The molecule has 1 amide bonds. The van der Waals surface area contributed by atoms with E-state index < -0.39 is 4.92 Å². The standard InChI is InChI=1S/C18H19BrN4O3/c19-16-11-20-17(23(25)26)10-15(16)18(24)21-14-6-8-22(9-7-14)12-13-4-2-1-3-5-13/h1-5,10-11,14H,6-9,12H2,(H,21,24). The second kappa shape index (κ2) is 8.37. The number of hydrogen-bond acceptors (Lipinski definition) is 5. The summed E-state index contributed by atoms with van der Waals surface area (Å²) in [4.78, 5) is 28.8. The van der Waals surface area contributed by atoms with Crippen molar-refractivity contribution in [3.63, 3.8) is 0 Å². The van der Waals surface area contributed by atoms with E-state index in [-0.39, 0.29) is 23.3 Å². The molecule has 7 nitrogen and oxygen atoms in total. The van der Waals surface area contributed by atoms with E-state index in [1.54, 1.807) is 0 Å². The largest absolute Gasteiger partial charge is 0.364 e. The first-order valence-electron chi connectivity index (χ1n) is 8.40. The molecule has 0 radical (unpaired) electrons. The van der Waals surface area contributed by atoms with Crippen LogP contribution in [-0.4, -0.2) is 39.8 Å². The van der Waals surface area contributed by atoms with E-state index in [0.29, 0.717) is 4.47 Å².